The van der Waals surface area contributed by atoms with Gasteiger partial charge in [-0.1, -0.05) is 53.1 Å². The highest BCUT2D eigenvalue weighted by molar-refractivity contribution is 5.69. The number of benzene rings is 2. The first-order chi connectivity index (χ1) is 11.9. The summed E-state index contributed by atoms with van der Waals surface area (Å²) in [4.78, 5) is 0. The standard InChI is InChI=1S/C23H28O2/c1-16(2)6-5-7-17(3)10-13-21-22(24)14-20(15-23(21)25)19-11-8-18(4)9-12-19/h6,8-12,14-15,24-25H,5,7,13H2,1-4H3/b17-10+. The Morgan fingerprint density at radius 2 is 1.48 bits per heavy atom. The molecular formula is C23H28O2. The lowest BCUT2D eigenvalue weighted by Crippen LogP contribution is -1.89. The van der Waals surface area contributed by atoms with Gasteiger partial charge in [0.05, 0.1) is 0 Å². The number of aromatic hydroxyl groups is 2. The number of rotatable bonds is 6. The fourth-order valence-corrected chi connectivity index (χ4v) is 2.73. The summed E-state index contributed by atoms with van der Waals surface area (Å²) in [5.41, 5.74) is 6.16. The molecule has 0 saturated heterocycles. The Kier molecular flexibility index (Phi) is 6.46. The monoisotopic (exact) mass is 336 g/mol. The first-order valence-electron chi connectivity index (χ1n) is 8.77. The Morgan fingerprint density at radius 3 is 2.04 bits per heavy atom. The molecule has 2 nitrogen and oxygen atoms in total. The van der Waals surface area contributed by atoms with Gasteiger partial charge in [0.2, 0.25) is 0 Å². The fraction of sp³-hybridized carbons (Fsp3) is 0.304. The molecule has 0 heterocycles. The maximum Gasteiger partial charge on any atom is 0.123 e. The molecule has 0 bridgehead atoms. The van der Waals surface area contributed by atoms with Crippen molar-refractivity contribution in [3.8, 4) is 22.6 Å². The van der Waals surface area contributed by atoms with Crippen molar-refractivity contribution in [1.29, 1.82) is 0 Å². The summed E-state index contributed by atoms with van der Waals surface area (Å²) in [5, 5.41) is 20.7. The third kappa shape index (κ3) is 5.53. The van der Waals surface area contributed by atoms with Crippen LogP contribution in [-0.4, -0.2) is 10.2 Å². The van der Waals surface area contributed by atoms with Gasteiger partial charge in [-0.2, -0.15) is 0 Å². The Morgan fingerprint density at radius 1 is 0.880 bits per heavy atom. The van der Waals surface area contributed by atoms with Crippen molar-refractivity contribution >= 4 is 0 Å². The van der Waals surface area contributed by atoms with E-state index in [1.807, 2.05) is 31.2 Å². The highest BCUT2D eigenvalue weighted by Crippen LogP contribution is 2.34. The fourth-order valence-electron chi connectivity index (χ4n) is 2.73. The average Bonchev–Trinajstić information content (AvgIpc) is 2.54. The van der Waals surface area contributed by atoms with Gasteiger partial charge in [0.15, 0.2) is 0 Å². The summed E-state index contributed by atoms with van der Waals surface area (Å²) in [7, 11) is 0. The van der Waals surface area contributed by atoms with Crippen molar-refractivity contribution in [3.63, 3.8) is 0 Å². The third-order valence-electron chi connectivity index (χ3n) is 4.33. The zero-order chi connectivity index (χ0) is 18.4. The largest absolute Gasteiger partial charge is 0.507 e. The number of allylic oxidation sites excluding steroid dienone is 4. The van der Waals surface area contributed by atoms with E-state index in [0.717, 1.165) is 24.0 Å². The van der Waals surface area contributed by atoms with Gasteiger partial charge in [-0.25, -0.2) is 0 Å². The van der Waals surface area contributed by atoms with Crippen LogP contribution >= 0.6 is 0 Å². The van der Waals surface area contributed by atoms with E-state index < -0.39 is 0 Å². The third-order valence-corrected chi connectivity index (χ3v) is 4.33. The zero-order valence-electron chi connectivity index (χ0n) is 15.6. The molecule has 0 aliphatic carbocycles. The summed E-state index contributed by atoms with van der Waals surface area (Å²) in [6, 6.07) is 11.5. The molecule has 0 aromatic heterocycles. The second-order valence-corrected chi connectivity index (χ2v) is 6.93. The Balaban J connectivity index is 2.14. The van der Waals surface area contributed by atoms with Crippen LogP contribution in [0.3, 0.4) is 0 Å². The van der Waals surface area contributed by atoms with Crippen LogP contribution in [0.5, 0.6) is 11.5 Å². The number of hydrogen-bond donors (Lipinski definition) is 2. The summed E-state index contributed by atoms with van der Waals surface area (Å²) in [5.74, 6) is 0.285. The molecule has 0 amide bonds. The molecule has 0 fully saturated rings. The molecular weight excluding hydrogens is 308 g/mol. The zero-order valence-corrected chi connectivity index (χ0v) is 15.6. The molecule has 0 spiro atoms. The molecule has 2 aromatic carbocycles. The van der Waals surface area contributed by atoms with Gasteiger partial charge in [0.1, 0.15) is 11.5 Å². The van der Waals surface area contributed by atoms with Crippen molar-refractivity contribution in [2.24, 2.45) is 0 Å². The lowest BCUT2D eigenvalue weighted by Gasteiger charge is -2.10. The van der Waals surface area contributed by atoms with E-state index in [-0.39, 0.29) is 11.5 Å². The lowest BCUT2D eigenvalue weighted by molar-refractivity contribution is 0.441. The van der Waals surface area contributed by atoms with E-state index in [2.05, 4.69) is 32.9 Å². The smallest absolute Gasteiger partial charge is 0.123 e. The van der Waals surface area contributed by atoms with E-state index in [1.165, 1.54) is 16.7 Å². The number of phenols is 2. The molecule has 2 N–H and O–H groups in total. The van der Waals surface area contributed by atoms with Crippen LogP contribution < -0.4 is 0 Å². The van der Waals surface area contributed by atoms with Crippen molar-refractivity contribution in [3.05, 3.63) is 70.8 Å². The topological polar surface area (TPSA) is 40.5 Å². The van der Waals surface area contributed by atoms with E-state index >= 15 is 0 Å². The van der Waals surface area contributed by atoms with Crippen LogP contribution in [0, 0.1) is 6.92 Å². The maximum absolute atomic E-state index is 10.4. The first kappa shape index (κ1) is 18.9. The second kappa shape index (κ2) is 8.57. The minimum absolute atomic E-state index is 0.143. The molecule has 132 valence electrons. The van der Waals surface area contributed by atoms with Crippen molar-refractivity contribution in [2.45, 2.75) is 47.0 Å². The quantitative estimate of drug-likeness (QED) is 0.607. The SMILES string of the molecule is CC(C)=CCC/C(C)=C/Cc1c(O)cc(-c2ccc(C)cc2)cc1O. The maximum atomic E-state index is 10.4. The van der Waals surface area contributed by atoms with Gasteiger partial charge < -0.3 is 10.2 Å². The van der Waals surface area contributed by atoms with Crippen LogP contribution in [-0.2, 0) is 6.42 Å². The van der Waals surface area contributed by atoms with Crippen LogP contribution in [0.4, 0.5) is 0 Å². The van der Waals surface area contributed by atoms with E-state index in [0.29, 0.717) is 12.0 Å². The highest BCUT2D eigenvalue weighted by atomic mass is 16.3. The second-order valence-electron chi connectivity index (χ2n) is 6.93. The van der Waals surface area contributed by atoms with E-state index in [1.54, 1.807) is 12.1 Å². The summed E-state index contributed by atoms with van der Waals surface area (Å²) in [6.45, 7) is 8.33. The molecule has 2 rings (SSSR count). The summed E-state index contributed by atoms with van der Waals surface area (Å²) < 4.78 is 0. The minimum atomic E-state index is 0.143. The molecule has 0 radical (unpaired) electrons. The minimum Gasteiger partial charge on any atom is -0.507 e. The van der Waals surface area contributed by atoms with Gasteiger partial charge in [-0.3, -0.25) is 0 Å². The highest BCUT2D eigenvalue weighted by Gasteiger charge is 2.10. The van der Waals surface area contributed by atoms with Crippen molar-refractivity contribution in [1.82, 2.24) is 0 Å². The Bertz CT molecular complexity index is 753. The van der Waals surface area contributed by atoms with Crippen LogP contribution in [0.1, 0.15) is 44.7 Å². The molecule has 25 heavy (non-hydrogen) atoms. The molecule has 0 aliphatic heterocycles. The molecule has 2 heteroatoms. The van der Waals surface area contributed by atoms with Crippen LogP contribution in [0.15, 0.2) is 59.7 Å². The predicted molar refractivity (Wildman–Crippen MR) is 106 cm³/mol. The Labute approximate surface area is 151 Å². The Hall–Kier alpha value is -2.48. The van der Waals surface area contributed by atoms with Crippen molar-refractivity contribution < 1.29 is 10.2 Å². The number of phenolic OH excluding ortho intramolecular Hbond substituents is 2. The average molecular weight is 336 g/mol. The van der Waals surface area contributed by atoms with Crippen LogP contribution in [0.2, 0.25) is 0 Å². The van der Waals surface area contributed by atoms with Gasteiger partial charge in [-0.05, 0) is 70.2 Å². The van der Waals surface area contributed by atoms with Gasteiger partial charge in [0, 0.05) is 5.56 Å². The van der Waals surface area contributed by atoms with E-state index in [9.17, 15) is 10.2 Å². The summed E-state index contributed by atoms with van der Waals surface area (Å²) >= 11 is 0. The molecule has 2 aromatic rings. The van der Waals surface area contributed by atoms with Gasteiger partial charge in [-0.15, -0.1) is 0 Å². The van der Waals surface area contributed by atoms with E-state index in [4.69, 9.17) is 0 Å². The van der Waals surface area contributed by atoms with Crippen LogP contribution in [0.25, 0.3) is 11.1 Å². The van der Waals surface area contributed by atoms with Gasteiger partial charge in [0.25, 0.3) is 0 Å². The first-order valence-corrected chi connectivity index (χ1v) is 8.77. The molecule has 0 atom stereocenters. The lowest BCUT2D eigenvalue weighted by atomic mass is 9.99. The molecule has 0 unspecified atom stereocenters. The van der Waals surface area contributed by atoms with Crippen molar-refractivity contribution in [2.75, 3.05) is 0 Å². The molecule has 0 saturated carbocycles. The normalized spacial score (nSPS) is 11.4. The predicted octanol–water partition coefficient (Wildman–Crippen LogP) is 6.31. The van der Waals surface area contributed by atoms with Gasteiger partial charge >= 0.3 is 0 Å². The molecule has 0 aliphatic rings. The number of hydrogen-bond acceptors (Lipinski definition) is 2. The number of aryl methyl sites for hydroxylation is 1. The summed E-state index contributed by atoms with van der Waals surface area (Å²) in [6.07, 6.45) is 6.86.